The fraction of sp³-hybridized carbons (Fsp3) is 1.00. The van der Waals surface area contributed by atoms with Crippen molar-refractivity contribution in [2.75, 3.05) is 11.5 Å². The maximum atomic E-state index is 2.34. The van der Waals surface area contributed by atoms with Crippen molar-refractivity contribution in [1.29, 1.82) is 0 Å². The van der Waals surface area contributed by atoms with Crippen LogP contribution in [0.2, 0.25) is 0 Å². The predicted octanol–water partition coefficient (Wildman–Crippen LogP) is 4.20. The van der Waals surface area contributed by atoms with Crippen LogP contribution in [0.25, 0.3) is 0 Å². The molecule has 1 rings (SSSR count). The van der Waals surface area contributed by atoms with Crippen LogP contribution in [0.4, 0.5) is 0 Å². The molecule has 0 amide bonds. The van der Waals surface area contributed by atoms with Crippen LogP contribution in [0.3, 0.4) is 0 Å². The summed E-state index contributed by atoms with van der Waals surface area (Å²) in [6, 6.07) is 0. The predicted molar refractivity (Wildman–Crippen MR) is 58.4 cm³/mol. The van der Waals surface area contributed by atoms with Gasteiger partial charge < -0.3 is 0 Å². The standard InChI is InChI=1S/C6H12S.2C2H6/c1-6(2)3-4-7-5-6;2*1-2/h3-5H2,1-2H3;2*1-2H3. The van der Waals surface area contributed by atoms with E-state index in [-0.39, 0.29) is 0 Å². The van der Waals surface area contributed by atoms with Crippen molar-refractivity contribution in [2.24, 2.45) is 5.41 Å². The first kappa shape index (κ1) is 13.9. The van der Waals surface area contributed by atoms with Gasteiger partial charge in [0.1, 0.15) is 0 Å². The lowest BCUT2D eigenvalue weighted by atomic mass is 9.94. The molecule has 0 aromatic carbocycles. The lowest BCUT2D eigenvalue weighted by Crippen LogP contribution is -2.07. The van der Waals surface area contributed by atoms with Gasteiger partial charge >= 0.3 is 0 Å². The van der Waals surface area contributed by atoms with Gasteiger partial charge in [0.05, 0.1) is 0 Å². The first-order chi connectivity index (χ1) is 5.21. The molecule has 0 atom stereocenters. The average Bonchev–Trinajstić information content (AvgIpc) is 2.43. The van der Waals surface area contributed by atoms with E-state index in [0.29, 0.717) is 5.41 Å². The second kappa shape index (κ2) is 8.45. The fourth-order valence-corrected chi connectivity index (χ4v) is 2.31. The molecule has 1 aliphatic heterocycles. The normalized spacial score (nSPS) is 19.1. The van der Waals surface area contributed by atoms with E-state index in [1.807, 2.05) is 27.7 Å². The number of thioether (sulfide) groups is 1. The Balaban J connectivity index is 0. The summed E-state index contributed by atoms with van der Waals surface area (Å²) in [6.07, 6.45) is 1.41. The highest BCUT2D eigenvalue weighted by molar-refractivity contribution is 7.99. The Morgan fingerprint density at radius 2 is 1.45 bits per heavy atom. The third kappa shape index (κ3) is 8.25. The molecular formula is C10H24S. The largest absolute Gasteiger partial charge is 0.161 e. The minimum Gasteiger partial charge on any atom is -0.161 e. The third-order valence-electron chi connectivity index (χ3n) is 1.42. The molecule has 0 aromatic rings. The van der Waals surface area contributed by atoms with Crippen LogP contribution >= 0.6 is 11.8 Å². The Bertz CT molecular complexity index is 59.3. The van der Waals surface area contributed by atoms with Crippen LogP contribution in [0.1, 0.15) is 48.0 Å². The zero-order valence-corrected chi connectivity index (χ0v) is 9.85. The van der Waals surface area contributed by atoms with Crippen molar-refractivity contribution >= 4 is 11.8 Å². The van der Waals surface area contributed by atoms with E-state index < -0.39 is 0 Å². The molecular weight excluding hydrogens is 152 g/mol. The second-order valence-electron chi connectivity index (χ2n) is 2.97. The molecule has 1 saturated heterocycles. The molecule has 0 saturated carbocycles. The summed E-state index contributed by atoms with van der Waals surface area (Å²) >= 11 is 2.08. The quantitative estimate of drug-likeness (QED) is 0.533. The Morgan fingerprint density at radius 3 is 1.55 bits per heavy atom. The van der Waals surface area contributed by atoms with Gasteiger partial charge in [0, 0.05) is 0 Å². The van der Waals surface area contributed by atoms with Crippen molar-refractivity contribution in [3.05, 3.63) is 0 Å². The van der Waals surface area contributed by atoms with E-state index in [1.165, 1.54) is 17.9 Å². The van der Waals surface area contributed by atoms with E-state index in [2.05, 4.69) is 25.6 Å². The third-order valence-corrected chi connectivity index (χ3v) is 2.89. The van der Waals surface area contributed by atoms with Crippen LogP contribution in [0.5, 0.6) is 0 Å². The van der Waals surface area contributed by atoms with E-state index in [1.54, 1.807) is 0 Å². The lowest BCUT2D eigenvalue weighted by molar-refractivity contribution is 0.429. The highest BCUT2D eigenvalue weighted by atomic mass is 32.2. The van der Waals surface area contributed by atoms with E-state index in [9.17, 15) is 0 Å². The minimum atomic E-state index is 0.657. The Morgan fingerprint density at radius 1 is 1.00 bits per heavy atom. The summed E-state index contributed by atoms with van der Waals surface area (Å²) in [5, 5.41) is 0. The van der Waals surface area contributed by atoms with Gasteiger partial charge in [-0.15, -0.1) is 0 Å². The Hall–Kier alpha value is 0.350. The van der Waals surface area contributed by atoms with Crippen molar-refractivity contribution in [2.45, 2.75) is 48.0 Å². The van der Waals surface area contributed by atoms with Gasteiger partial charge in [-0.05, 0) is 23.3 Å². The molecule has 0 aliphatic carbocycles. The van der Waals surface area contributed by atoms with Crippen LogP contribution in [0.15, 0.2) is 0 Å². The van der Waals surface area contributed by atoms with Crippen molar-refractivity contribution in [1.82, 2.24) is 0 Å². The maximum absolute atomic E-state index is 2.34. The number of rotatable bonds is 0. The zero-order valence-electron chi connectivity index (χ0n) is 9.03. The minimum absolute atomic E-state index is 0.657. The summed E-state index contributed by atoms with van der Waals surface area (Å²) in [5.74, 6) is 2.75. The van der Waals surface area contributed by atoms with Gasteiger partial charge in [0.2, 0.25) is 0 Å². The van der Waals surface area contributed by atoms with Crippen LogP contribution in [-0.2, 0) is 0 Å². The Kier molecular flexibility index (Phi) is 10.7. The molecule has 11 heavy (non-hydrogen) atoms. The van der Waals surface area contributed by atoms with Crippen molar-refractivity contribution in [3.8, 4) is 0 Å². The summed E-state index contributed by atoms with van der Waals surface area (Å²) in [4.78, 5) is 0. The molecule has 0 bridgehead atoms. The lowest BCUT2D eigenvalue weighted by Gasteiger charge is -2.12. The molecule has 70 valence electrons. The molecule has 0 radical (unpaired) electrons. The highest BCUT2D eigenvalue weighted by Gasteiger charge is 2.22. The average molecular weight is 176 g/mol. The summed E-state index contributed by atoms with van der Waals surface area (Å²) in [5.41, 5.74) is 0.657. The van der Waals surface area contributed by atoms with Gasteiger partial charge in [0.15, 0.2) is 0 Å². The summed E-state index contributed by atoms with van der Waals surface area (Å²) in [6.45, 7) is 12.7. The van der Waals surface area contributed by atoms with Crippen LogP contribution < -0.4 is 0 Å². The van der Waals surface area contributed by atoms with Gasteiger partial charge in [-0.3, -0.25) is 0 Å². The molecule has 0 aromatic heterocycles. The topological polar surface area (TPSA) is 0 Å². The summed E-state index contributed by atoms with van der Waals surface area (Å²) < 4.78 is 0. The summed E-state index contributed by atoms with van der Waals surface area (Å²) in [7, 11) is 0. The van der Waals surface area contributed by atoms with E-state index >= 15 is 0 Å². The molecule has 0 nitrogen and oxygen atoms in total. The van der Waals surface area contributed by atoms with Crippen molar-refractivity contribution in [3.63, 3.8) is 0 Å². The molecule has 1 fully saturated rings. The molecule has 1 heterocycles. The Labute approximate surface area is 77.2 Å². The van der Waals surface area contributed by atoms with Gasteiger partial charge in [0.25, 0.3) is 0 Å². The van der Waals surface area contributed by atoms with E-state index in [0.717, 1.165) is 0 Å². The van der Waals surface area contributed by atoms with Crippen LogP contribution in [0, 0.1) is 5.41 Å². The van der Waals surface area contributed by atoms with E-state index in [4.69, 9.17) is 0 Å². The first-order valence-corrected chi connectivity index (χ1v) is 5.94. The van der Waals surface area contributed by atoms with Gasteiger partial charge in [-0.2, -0.15) is 11.8 Å². The molecule has 0 N–H and O–H groups in total. The van der Waals surface area contributed by atoms with Crippen LogP contribution in [-0.4, -0.2) is 11.5 Å². The van der Waals surface area contributed by atoms with Crippen molar-refractivity contribution < 1.29 is 0 Å². The number of hydrogen-bond acceptors (Lipinski definition) is 1. The second-order valence-corrected chi connectivity index (χ2v) is 4.07. The molecule has 1 heteroatoms. The first-order valence-electron chi connectivity index (χ1n) is 4.78. The zero-order chi connectivity index (χ0) is 9.33. The van der Waals surface area contributed by atoms with Gasteiger partial charge in [-0.25, -0.2) is 0 Å². The SMILES string of the molecule is CC.CC.CC1(C)CCSC1. The number of hydrogen-bond donors (Lipinski definition) is 0. The highest BCUT2D eigenvalue weighted by Crippen LogP contribution is 2.34. The van der Waals surface area contributed by atoms with Gasteiger partial charge in [-0.1, -0.05) is 41.5 Å². The molecule has 1 aliphatic rings. The maximum Gasteiger partial charge on any atom is -0.00158 e. The fourth-order valence-electron chi connectivity index (χ4n) is 0.769. The molecule has 0 spiro atoms. The monoisotopic (exact) mass is 176 g/mol. The molecule has 0 unspecified atom stereocenters. The smallest absolute Gasteiger partial charge is 0.00158 e.